The van der Waals surface area contributed by atoms with Crippen LogP contribution in [0, 0.1) is 11.3 Å². The lowest BCUT2D eigenvalue weighted by Gasteiger charge is -2.33. The fraction of sp³-hybridized carbons (Fsp3) is 0.750. The third-order valence-corrected chi connectivity index (χ3v) is 5.77. The van der Waals surface area contributed by atoms with Crippen LogP contribution in [0.4, 0.5) is 0 Å². The normalized spacial score (nSPS) is 33.1. The maximum Gasteiger partial charge on any atom is 0.312 e. The number of H-pyrrole nitrogens is 1. The first-order valence-corrected chi connectivity index (χ1v) is 8.43. The second kappa shape index (κ2) is 5.89. The van der Waals surface area contributed by atoms with E-state index in [4.69, 9.17) is 4.74 Å². The molecule has 2 N–H and O–H groups in total. The Balaban J connectivity index is 1.46. The minimum atomic E-state index is -0.640. The molecular weight excluding hydrogens is 296 g/mol. The molecular formula is C16H24N4O3. The third-order valence-electron chi connectivity index (χ3n) is 5.77. The topological polar surface area (TPSA) is 81.7 Å². The number of rotatable bonds is 4. The zero-order valence-electron chi connectivity index (χ0n) is 13.3. The van der Waals surface area contributed by atoms with Crippen LogP contribution in [0.3, 0.4) is 0 Å². The van der Waals surface area contributed by atoms with Crippen LogP contribution >= 0.6 is 0 Å². The number of aromatic amines is 1. The monoisotopic (exact) mass is 320 g/mol. The third kappa shape index (κ3) is 2.66. The van der Waals surface area contributed by atoms with Crippen molar-refractivity contribution in [1.29, 1.82) is 0 Å². The van der Waals surface area contributed by atoms with Crippen molar-refractivity contribution in [1.82, 2.24) is 19.8 Å². The molecule has 2 atom stereocenters. The number of ether oxygens (including phenoxy) is 1. The summed E-state index contributed by atoms with van der Waals surface area (Å²) in [6, 6.07) is 0.490. The predicted molar refractivity (Wildman–Crippen MR) is 82.8 cm³/mol. The van der Waals surface area contributed by atoms with E-state index in [0.29, 0.717) is 25.7 Å². The molecule has 0 radical (unpaired) electrons. The molecule has 126 valence electrons. The number of carboxylic acids is 1. The van der Waals surface area contributed by atoms with E-state index in [0.717, 1.165) is 45.0 Å². The Kier molecular flexibility index (Phi) is 3.87. The lowest BCUT2D eigenvalue weighted by molar-refractivity contribution is -0.149. The average Bonchev–Trinajstić information content (AvgIpc) is 3.23. The highest BCUT2D eigenvalue weighted by molar-refractivity contribution is 5.77. The Bertz CT molecular complexity index is 558. The lowest BCUT2D eigenvalue weighted by Crippen LogP contribution is -2.44. The van der Waals surface area contributed by atoms with Gasteiger partial charge in [0.2, 0.25) is 0 Å². The van der Waals surface area contributed by atoms with Crippen LogP contribution < -0.4 is 0 Å². The standard InChI is InChI=1S/C16H24N4O3/c21-15(22)16-10-19(9-14-17-3-4-18-14)7-12(16)8-20(11-16)13-1-5-23-6-2-13/h3-4,12-13H,1-2,5-11H2,(H,17,18)(H,21,22)/t12-,16-/m1/s1. The first kappa shape index (κ1) is 15.1. The van der Waals surface area contributed by atoms with Gasteiger partial charge in [-0.1, -0.05) is 0 Å². The quantitative estimate of drug-likeness (QED) is 0.836. The smallest absolute Gasteiger partial charge is 0.312 e. The van der Waals surface area contributed by atoms with Crippen LogP contribution in [0.2, 0.25) is 0 Å². The summed E-state index contributed by atoms with van der Waals surface area (Å²) in [4.78, 5) is 24.1. The minimum absolute atomic E-state index is 0.206. The van der Waals surface area contributed by atoms with Gasteiger partial charge in [0, 0.05) is 63.7 Å². The largest absolute Gasteiger partial charge is 0.481 e. The van der Waals surface area contributed by atoms with Crippen molar-refractivity contribution in [2.45, 2.75) is 25.4 Å². The molecule has 23 heavy (non-hydrogen) atoms. The van der Waals surface area contributed by atoms with Crippen molar-refractivity contribution in [3.8, 4) is 0 Å². The van der Waals surface area contributed by atoms with Crippen molar-refractivity contribution < 1.29 is 14.6 Å². The maximum absolute atomic E-state index is 12.1. The van der Waals surface area contributed by atoms with E-state index in [1.54, 1.807) is 6.20 Å². The van der Waals surface area contributed by atoms with Crippen molar-refractivity contribution in [3.05, 3.63) is 18.2 Å². The molecule has 7 heteroatoms. The molecule has 1 aromatic heterocycles. The van der Waals surface area contributed by atoms with Gasteiger partial charge in [-0.25, -0.2) is 4.98 Å². The summed E-state index contributed by atoms with van der Waals surface area (Å²) in [5, 5.41) is 9.93. The minimum Gasteiger partial charge on any atom is -0.481 e. The number of likely N-dealkylation sites (tertiary alicyclic amines) is 2. The van der Waals surface area contributed by atoms with E-state index in [9.17, 15) is 9.90 Å². The molecule has 0 amide bonds. The highest BCUT2D eigenvalue weighted by Gasteiger charge is 2.58. The summed E-state index contributed by atoms with van der Waals surface area (Å²) in [5.74, 6) is 0.476. The van der Waals surface area contributed by atoms with E-state index >= 15 is 0 Å². The van der Waals surface area contributed by atoms with Crippen LogP contribution in [0.5, 0.6) is 0 Å². The molecule has 3 saturated heterocycles. The molecule has 4 heterocycles. The van der Waals surface area contributed by atoms with Gasteiger partial charge in [-0.05, 0) is 12.8 Å². The van der Waals surface area contributed by atoms with Gasteiger partial charge in [-0.2, -0.15) is 0 Å². The second-order valence-electron chi connectivity index (χ2n) is 7.14. The molecule has 0 saturated carbocycles. The number of hydrogen-bond acceptors (Lipinski definition) is 5. The Labute approximate surface area is 135 Å². The van der Waals surface area contributed by atoms with Gasteiger partial charge in [0.1, 0.15) is 5.82 Å². The zero-order chi connectivity index (χ0) is 15.9. The molecule has 7 nitrogen and oxygen atoms in total. The molecule has 0 unspecified atom stereocenters. The van der Waals surface area contributed by atoms with Crippen LogP contribution in [0.15, 0.2) is 12.4 Å². The molecule has 3 aliphatic heterocycles. The fourth-order valence-electron chi connectivity index (χ4n) is 4.56. The highest BCUT2D eigenvalue weighted by atomic mass is 16.5. The highest BCUT2D eigenvalue weighted by Crippen LogP contribution is 2.44. The number of aromatic nitrogens is 2. The summed E-state index contributed by atoms with van der Waals surface area (Å²) in [5.41, 5.74) is -0.620. The van der Waals surface area contributed by atoms with E-state index in [1.807, 2.05) is 6.20 Å². The van der Waals surface area contributed by atoms with Gasteiger partial charge in [0.15, 0.2) is 0 Å². The number of imidazole rings is 1. The maximum atomic E-state index is 12.1. The molecule has 4 rings (SSSR count). The first-order chi connectivity index (χ1) is 11.2. The number of nitrogens with one attached hydrogen (secondary N) is 1. The molecule has 0 aliphatic carbocycles. The number of aliphatic carboxylic acids is 1. The second-order valence-corrected chi connectivity index (χ2v) is 7.14. The van der Waals surface area contributed by atoms with Crippen molar-refractivity contribution in [3.63, 3.8) is 0 Å². The van der Waals surface area contributed by atoms with Crippen LogP contribution in [0.1, 0.15) is 18.7 Å². The van der Waals surface area contributed by atoms with E-state index in [-0.39, 0.29) is 5.92 Å². The SMILES string of the molecule is O=C(O)[C@@]12CN(Cc3ncc[nH]3)C[C@@H]1CN(C1CCOCC1)C2. The van der Waals surface area contributed by atoms with Gasteiger partial charge >= 0.3 is 5.97 Å². The van der Waals surface area contributed by atoms with Crippen LogP contribution in [0.25, 0.3) is 0 Å². The van der Waals surface area contributed by atoms with E-state index in [1.165, 1.54) is 0 Å². The van der Waals surface area contributed by atoms with Crippen LogP contribution in [-0.4, -0.2) is 76.3 Å². The number of nitrogens with zero attached hydrogens (tertiary/aromatic N) is 3. The number of carbonyl (C=O) groups is 1. The molecule has 1 aromatic rings. The summed E-state index contributed by atoms with van der Waals surface area (Å²) in [6.07, 6.45) is 5.61. The van der Waals surface area contributed by atoms with Gasteiger partial charge in [0.25, 0.3) is 0 Å². The van der Waals surface area contributed by atoms with Gasteiger partial charge in [-0.15, -0.1) is 0 Å². The summed E-state index contributed by atoms with van der Waals surface area (Å²) in [6.45, 7) is 5.33. The predicted octanol–water partition coefficient (Wildman–Crippen LogP) is 0.407. The Hall–Kier alpha value is -1.44. The van der Waals surface area contributed by atoms with Crippen molar-refractivity contribution in [2.75, 3.05) is 39.4 Å². The fourth-order valence-corrected chi connectivity index (χ4v) is 4.56. The zero-order valence-corrected chi connectivity index (χ0v) is 13.3. The number of hydrogen-bond donors (Lipinski definition) is 2. The molecule has 3 fully saturated rings. The van der Waals surface area contributed by atoms with E-state index in [2.05, 4.69) is 19.8 Å². The first-order valence-electron chi connectivity index (χ1n) is 8.43. The molecule has 0 bridgehead atoms. The number of fused-ring (bicyclic) bond motifs is 1. The summed E-state index contributed by atoms with van der Waals surface area (Å²) < 4.78 is 5.44. The molecule has 0 spiro atoms. The summed E-state index contributed by atoms with van der Waals surface area (Å²) >= 11 is 0. The van der Waals surface area contributed by atoms with Crippen molar-refractivity contribution in [2.24, 2.45) is 11.3 Å². The van der Waals surface area contributed by atoms with Gasteiger partial charge in [-0.3, -0.25) is 14.6 Å². The van der Waals surface area contributed by atoms with E-state index < -0.39 is 11.4 Å². The lowest BCUT2D eigenvalue weighted by atomic mass is 9.81. The van der Waals surface area contributed by atoms with Crippen LogP contribution in [-0.2, 0) is 16.1 Å². The van der Waals surface area contributed by atoms with Crippen molar-refractivity contribution >= 4 is 5.97 Å². The summed E-state index contributed by atoms with van der Waals surface area (Å²) in [7, 11) is 0. The Morgan fingerprint density at radius 2 is 2.22 bits per heavy atom. The Morgan fingerprint density at radius 3 is 2.87 bits per heavy atom. The number of carboxylic acid groups (broad SMARTS) is 1. The Morgan fingerprint density at radius 1 is 1.39 bits per heavy atom. The van der Waals surface area contributed by atoms with Gasteiger partial charge < -0.3 is 14.8 Å². The molecule has 0 aromatic carbocycles. The average molecular weight is 320 g/mol. The van der Waals surface area contributed by atoms with Gasteiger partial charge in [0.05, 0.1) is 12.0 Å². The molecule has 3 aliphatic rings.